The van der Waals surface area contributed by atoms with Gasteiger partial charge >= 0.3 is 0 Å². The Kier molecular flexibility index (Phi) is 6.99. The number of benzene rings is 1. The van der Waals surface area contributed by atoms with Gasteiger partial charge in [-0.2, -0.15) is 0 Å². The van der Waals surface area contributed by atoms with Crippen molar-refractivity contribution in [3.05, 3.63) is 35.4 Å². The fourth-order valence-electron chi connectivity index (χ4n) is 1.69. The highest BCUT2D eigenvalue weighted by Gasteiger charge is 2.09. The molecule has 0 saturated carbocycles. The molecule has 0 radical (unpaired) electrons. The van der Waals surface area contributed by atoms with Gasteiger partial charge in [-0.25, -0.2) is 0 Å². The number of amides is 2. The fourth-order valence-corrected chi connectivity index (χ4v) is 1.69. The summed E-state index contributed by atoms with van der Waals surface area (Å²) in [4.78, 5) is 22.4. The van der Waals surface area contributed by atoms with Crippen LogP contribution in [0.1, 0.15) is 37.4 Å². The second-order valence-corrected chi connectivity index (χ2v) is 4.60. The Morgan fingerprint density at radius 1 is 1.38 bits per heavy atom. The maximum absolute atomic E-state index is 11.6. The van der Waals surface area contributed by atoms with E-state index in [1.165, 1.54) is 6.92 Å². The van der Waals surface area contributed by atoms with Gasteiger partial charge in [0.25, 0.3) is 0 Å². The van der Waals surface area contributed by atoms with E-state index in [2.05, 4.69) is 22.5 Å². The SMILES string of the molecule is CC(=O)NCC(=O)NC(C)c1cccc(C#CCCO)c1. The molecule has 1 unspecified atom stereocenters. The molecule has 1 aromatic carbocycles. The van der Waals surface area contributed by atoms with Crippen molar-refractivity contribution >= 4 is 11.8 Å². The monoisotopic (exact) mass is 288 g/mol. The van der Waals surface area contributed by atoms with E-state index < -0.39 is 0 Å². The average Bonchev–Trinajstić information content (AvgIpc) is 2.46. The summed E-state index contributed by atoms with van der Waals surface area (Å²) in [6.07, 6.45) is 0.438. The summed E-state index contributed by atoms with van der Waals surface area (Å²) in [5.41, 5.74) is 1.77. The van der Waals surface area contributed by atoms with Crippen LogP contribution in [0.15, 0.2) is 24.3 Å². The van der Waals surface area contributed by atoms with E-state index >= 15 is 0 Å². The molecule has 0 fully saturated rings. The first-order valence-electron chi connectivity index (χ1n) is 6.76. The Hall–Kier alpha value is -2.32. The quantitative estimate of drug-likeness (QED) is 0.699. The van der Waals surface area contributed by atoms with E-state index in [4.69, 9.17) is 5.11 Å². The van der Waals surface area contributed by atoms with Crippen LogP contribution >= 0.6 is 0 Å². The molecule has 0 heterocycles. The molecule has 5 nitrogen and oxygen atoms in total. The lowest BCUT2D eigenvalue weighted by molar-refractivity contribution is -0.125. The summed E-state index contributed by atoms with van der Waals surface area (Å²) < 4.78 is 0. The maximum Gasteiger partial charge on any atom is 0.239 e. The van der Waals surface area contributed by atoms with Crippen molar-refractivity contribution in [3.63, 3.8) is 0 Å². The third kappa shape index (κ3) is 6.59. The van der Waals surface area contributed by atoms with E-state index in [0.29, 0.717) is 6.42 Å². The standard InChI is InChI=1S/C16H20N2O3/c1-12(18-16(21)11-17-13(2)20)15-8-5-7-14(10-15)6-3-4-9-19/h5,7-8,10,12,19H,4,9,11H2,1-2H3,(H,17,20)(H,18,21). The molecular weight excluding hydrogens is 268 g/mol. The molecule has 0 aliphatic rings. The molecule has 0 bridgehead atoms. The van der Waals surface area contributed by atoms with Gasteiger partial charge in [0.15, 0.2) is 0 Å². The van der Waals surface area contributed by atoms with E-state index in [-0.39, 0.29) is 31.0 Å². The van der Waals surface area contributed by atoms with Crippen molar-refractivity contribution in [2.75, 3.05) is 13.2 Å². The lowest BCUT2D eigenvalue weighted by Crippen LogP contribution is -2.37. The highest BCUT2D eigenvalue weighted by Crippen LogP contribution is 2.13. The number of hydrogen-bond acceptors (Lipinski definition) is 3. The first-order valence-corrected chi connectivity index (χ1v) is 6.76. The number of carbonyl (C=O) groups is 2. The minimum atomic E-state index is -0.241. The molecule has 0 aliphatic heterocycles. The van der Waals surface area contributed by atoms with Crippen LogP contribution < -0.4 is 10.6 Å². The highest BCUT2D eigenvalue weighted by molar-refractivity contribution is 5.83. The summed E-state index contributed by atoms with van der Waals surface area (Å²) in [7, 11) is 0. The van der Waals surface area contributed by atoms with Crippen molar-refractivity contribution in [3.8, 4) is 11.8 Å². The first-order chi connectivity index (χ1) is 10.0. The third-order valence-corrected chi connectivity index (χ3v) is 2.73. The highest BCUT2D eigenvalue weighted by atomic mass is 16.2. The molecular formula is C16H20N2O3. The van der Waals surface area contributed by atoms with E-state index in [1.807, 2.05) is 31.2 Å². The minimum absolute atomic E-state index is 0.0321. The Morgan fingerprint density at radius 3 is 2.81 bits per heavy atom. The van der Waals surface area contributed by atoms with Gasteiger partial charge < -0.3 is 15.7 Å². The Labute approximate surface area is 124 Å². The van der Waals surface area contributed by atoms with Crippen LogP contribution in [-0.4, -0.2) is 30.1 Å². The number of hydrogen-bond donors (Lipinski definition) is 3. The zero-order valence-corrected chi connectivity index (χ0v) is 12.3. The zero-order valence-electron chi connectivity index (χ0n) is 12.3. The molecule has 1 aromatic rings. The molecule has 0 aliphatic carbocycles. The average molecular weight is 288 g/mol. The topological polar surface area (TPSA) is 78.4 Å². The Bertz CT molecular complexity index is 558. The summed E-state index contributed by atoms with van der Waals surface area (Å²) in [6.45, 7) is 3.25. The van der Waals surface area contributed by atoms with Gasteiger partial charge in [-0.05, 0) is 24.6 Å². The second kappa shape index (κ2) is 8.77. The van der Waals surface area contributed by atoms with Crippen molar-refractivity contribution in [1.82, 2.24) is 10.6 Å². The summed E-state index contributed by atoms with van der Waals surface area (Å²) in [5, 5.41) is 14.0. The van der Waals surface area contributed by atoms with Crippen LogP contribution in [-0.2, 0) is 9.59 Å². The van der Waals surface area contributed by atoms with Crippen molar-refractivity contribution in [2.45, 2.75) is 26.3 Å². The number of carbonyl (C=O) groups excluding carboxylic acids is 2. The van der Waals surface area contributed by atoms with Crippen LogP contribution in [0.3, 0.4) is 0 Å². The molecule has 2 amide bonds. The van der Waals surface area contributed by atoms with Crippen molar-refractivity contribution in [1.29, 1.82) is 0 Å². The third-order valence-electron chi connectivity index (χ3n) is 2.73. The van der Waals surface area contributed by atoms with E-state index in [1.54, 1.807) is 0 Å². The van der Waals surface area contributed by atoms with Crippen LogP contribution in [0.2, 0.25) is 0 Å². The normalized spacial score (nSPS) is 11.0. The van der Waals surface area contributed by atoms with E-state index in [0.717, 1.165) is 11.1 Å². The first kappa shape index (κ1) is 16.7. The molecule has 21 heavy (non-hydrogen) atoms. The smallest absolute Gasteiger partial charge is 0.239 e. The molecule has 5 heteroatoms. The predicted molar refractivity (Wildman–Crippen MR) is 80.3 cm³/mol. The molecule has 112 valence electrons. The second-order valence-electron chi connectivity index (χ2n) is 4.60. The molecule has 0 spiro atoms. The molecule has 1 rings (SSSR count). The Morgan fingerprint density at radius 2 is 2.14 bits per heavy atom. The zero-order chi connectivity index (χ0) is 15.7. The number of rotatable bonds is 5. The predicted octanol–water partition coefficient (Wildman–Crippen LogP) is 0.734. The van der Waals surface area contributed by atoms with Crippen LogP contribution in [0.5, 0.6) is 0 Å². The summed E-state index contributed by atoms with van der Waals surface area (Å²) in [5.74, 6) is 5.33. The van der Waals surface area contributed by atoms with Gasteiger partial charge in [0, 0.05) is 18.9 Å². The molecule has 0 saturated heterocycles. The van der Waals surface area contributed by atoms with Crippen molar-refractivity contribution in [2.24, 2.45) is 0 Å². The number of nitrogens with one attached hydrogen (secondary N) is 2. The lowest BCUT2D eigenvalue weighted by atomic mass is 10.1. The van der Waals surface area contributed by atoms with Gasteiger partial charge in [0.05, 0.1) is 19.2 Å². The summed E-state index contributed by atoms with van der Waals surface area (Å²) in [6, 6.07) is 7.37. The van der Waals surface area contributed by atoms with Gasteiger partial charge in [0.2, 0.25) is 11.8 Å². The molecule has 1 atom stereocenters. The van der Waals surface area contributed by atoms with Crippen molar-refractivity contribution < 1.29 is 14.7 Å². The lowest BCUT2D eigenvalue weighted by Gasteiger charge is -2.14. The maximum atomic E-state index is 11.6. The van der Waals surface area contributed by atoms with Crippen LogP contribution in [0, 0.1) is 11.8 Å². The minimum Gasteiger partial charge on any atom is -0.395 e. The summed E-state index contributed by atoms with van der Waals surface area (Å²) >= 11 is 0. The van der Waals surface area contributed by atoms with Crippen LogP contribution in [0.25, 0.3) is 0 Å². The Balaban J connectivity index is 2.64. The van der Waals surface area contributed by atoms with E-state index in [9.17, 15) is 9.59 Å². The van der Waals surface area contributed by atoms with Crippen LogP contribution in [0.4, 0.5) is 0 Å². The van der Waals surface area contributed by atoms with Gasteiger partial charge in [-0.3, -0.25) is 9.59 Å². The van der Waals surface area contributed by atoms with Gasteiger partial charge in [-0.1, -0.05) is 24.0 Å². The molecule has 0 aromatic heterocycles. The van der Waals surface area contributed by atoms with Gasteiger partial charge in [0.1, 0.15) is 0 Å². The molecule has 3 N–H and O–H groups in total. The largest absolute Gasteiger partial charge is 0.395 e. The number of aliphatic hydroxyl groups is 1. The fraction of sp³-hybridized carbons (Fsp3) is 0.375. The number of aliphatic hydroxyl groups excluding tert-OH is 1. The van der Waals surface area contributed by atoms with Gasteiger partial charge in [-0.15, -0.1) is 0 Å².